The van der Waals surface area contributed by atoms with Gasteiger partial charge in [0.2, 0.25) is 0 Å². The third-order valence-corrected chi connectivity index (χ3v) is 2.28. The summed E-state index contributed by atoms with van der Waals surface area (Å²) in [5.74, 6) is 0. The second-order valence-electron chi connectivity index (χ2n) is 3.43. The van der Waals surface area contributed by atoms with Crippen LogP contribution in [0.4, 0.5) is 18.9 Å². The Bertz CT molecular complexity index is 579. The minimum absolute atomic E-state index is 0.325. The van der Waals surface area contributed by atoms with Crippen molar-refractivity contribution in [2.45, 2.75) is 6.18 Å². The van der Waals surface area contributed by atoms with E-state index in [9.17, 15) is 23.3 Å². The topological polar surface area (TPSA) is 61.0 Å². The summed E-state index contributed by atoms with van der Waals surface area (Å²) in [6.45, 7) is 0. The van der Waals surface area contributed by atoms with Crippen molar-refractivity contribution >= 4 is 5.69 Å². The van der Waals surface area contributed by atoms with Crippen molar-refractivity contribution in [1.29, 1.82) is 0 Å². The van der Waals surface area contributed by atoms with Crippen LogP contribution in [-0.2, 0) is 6.18 Å². The molecular formula is C10H6F3N3O2. The van der Waals surface area contributed by atoms with Crippen molar-refractivity contribution in [3.05, 3.63) is 52.6 Å². The van der Waals surface area contributed by atoms with E-state index in [0.29, 0.717) is 6.07 Å². The van der Waals surface area contributed by atoms with Crippen LogP contribution in [0.15, 0.2) is 36.9 Å². The largest absolute Gasteiger partial charge is 0.418 e. The normalized spacial score (nSPS) is 11.5. The summed E-state index contributed by atoms with van der Waals surface area (Å²) in [6, 6.07) is 2.38. The summed E-state index contributed by atoms with van der Waals surface area (Å²) in [7, 11) is 0. The molecule has 0 fully saturated rings. The van der Waals surface area contributed by atoms with E-state index < -0.39 is 22.4 Å². The zero-order valence-electron chi connectivity index (χ0n) is 8.76. The van der Waals surface area contributed by atoms with Crippen LogP contribution in [0, 0.1) is 10.1 Å². The fraction of sp³-hybridized carbons (Fsp3) is 0.100. The maximum absolute atomic E-state index is 12.8. The average molecular weight is 257 g/mol. The Hall–Kier alpha value is -2.38. The van der Waals surface area contributed by atoms with E-state index in [4.69, 9.17) is 0 Å². The van der Waals surface area contributed by atoms with Crippen LogP contribution < -0.4 is 0 Å². The number of benzene rings is 1. The Morgan fingerprint density at radius 2 is 2.06 bits per heavy atom. The molecule has 1 heterocycles. The molecule has 1 aromatic carbocycles. The van der Waals surface area contributed by atoms with Crippen molar-refractivity contribution in [2.75, 3.05) is 0 Å². The zero-order chi connectivity index (χ0) is 13.3. The highest BCUT2D eigenvalue weighted by molar-refractivity contribution is 5.50. The second kappa shape index (κ2) is 4.13. The van der Waals surface area contributed by atoms with Gasteiger partial charge in [0.15, 0.2) is 0 Å². The smallest absolute Gasteiger partial charge is 0.305 e. The number of halogens is 3. The number of hydrogen-bond acceptors (Lipinski definition) is 3. The summed E-state index contributed by atoms with van der Waals surface area (Å²) in [5, 5.41) is 10.6. The lowest BCUT2D eigenvalue weighted by Crippen LogP contribution is -2.10. The Labute approximate surface area is 98.6 Å². The molecule has 0 radical (unpaired) electrons. The first-order valence-corrected chi connectivity index (χ1v) is 4.73. The predicted molar refractivity (Wildman–Crippen MR) is 55.2 cm³/mol. The summed E-state index contributed by atoms with van der Waals surface area (Å²) in [5.41, 5.74) is -1.69. The maximum atomic E-state index is 12.8. The van der Waals surface area contributed by atoms with Gasteiger partial charge in [-0.3, -0.25) is 10.1 Å². The summed E-state index contributed by atoms with van der Waals surface area (Å²) in [6.07, 6.45) is -0.865. The molecule has 0 atom stereocenters. The van der Waals surface area contributed by atoms with Crippen LogP contribution in [0.25, 0.3) is 5.69 Å². The number of alkyl halides is 3. The molecule has 0 saturated carbocycles. The first kappa shape index (κ1) is 12.1. The molecule has 0 amide bonds. The van der Waals surface area contributed by atoms with E-state index in [-0.39, 0.29) is 5.69 Å². The summed E-state index contributed by atoms with van der Waals surface area (Å²) < 4.78 is 39.4. The van der Waals surface area contributed by atoms with E-state index in [2.05, 4.69) is 4.98 Å². The molecular weight excluding hydrogens is 251 g/mol. The number of nitrogens with zero attached hydrogens (tertiary/aromatic N) is 3. The van der Waals surface area contributed by atoms with Crippen molar-refractivity contribution in [3.63, 3.8) is 0 Å². The van der Waals surface area contributed by atoms with Gasteiger partial charge >= 0.3 is 6.18 Å². The molecule has 0 aliphatic heterocycles. The van der Waals surface area contributed by atoms with Crippen LogP contribution >= 0.6 is 0 Å². The molecule has 1 aromatic heterocycles. The highest BCUT2D eigenvalue weighted by Crippen LogP contribution is 2.35. The third-order valence-electron chi connectivity index (χ3n) is 2.28. The van der Waals surface area contributed by atoms with E-state index >= 15 is 0 Å². The Morgan fingerprint density at radius 1 is 1.33 bits per heavy atom. The number of nitro groups is 1. The Kier molecular flexibility index (Phi) is 2.77. The molecule has 94 valence electrons. The van der Waals surface area contributed by atoms with Crippen LogP contribution in [0.3, 0.4) is 0 Å². The minimum atomic E-state index is -4.59. The van der Waals surface area contributed by atoms with Gasteiger partial charge in [-0.1, -0.05) is 0 Å². The molecule has 5 nitrogen and oxygen atoms in total. The molecule has 0 unspecified atom stereocenters. The number of aromatic nitrogens is 2. The van der Waals surface area contributed by atoms with Gasteiger partial charge in [-0.25, -0.2) is 4.98 Å². The van der Waals surface area contributed by atoms with Crippen molar-refractivity contribution in [1.82, 2.24) is 9.55 Å². The highest BCUT2D eigenvalue weighted by Gasteiger charge is 2.34. The Morgan fingerprint density at radius 3 is 2.56 bits per heavy atom. The summed E-state index contributed by atoms with van der Waals surface area (Å²) in [4.78, 5) is 13.5. The first-order chi connectivity index (χ1) is 8.39. The van der Waals surface area contributed by atoms with Gasteiger partial charge in [0.1, 0.15) is 0 Å². The maximum Gasteiger partial charge on any atom is 0.418 e. The fourth-order valence-corrected chi connectivity index (χ4v) is 1.49. The van der Waals surface area contributed by atoms with Gasteiger partial charge in [0.25, 0.3) is 5.69 Å². The predicted octanol–water partition coefficient (Wildman–Crippen LogP) is 2.80. The minimum Gasteiger partial charge on any atom is -0.305 e. The van der Waals surface area contributed by atoms with Gasteiger partial charge in [-0.2, -0.15) is 13.2 Å². The molecule has 2 aromatic rings. The van der Waals surface area contributed by atoms with Crippen LogP contribution in [0.5, 0.6) is 0 Å². The average Bonchev–Trinajstić information content (AvgIpc) is 2.80. The number of hydrogen-bond donors (Lipinski definition) is 0. The van der Waals surface area contributed by atoms with E-state index in [0.717, 1.165) is 23.0 Å². The molecule has 18 heavy (non-hydrogen) atoms. The molecule has 2 rings (SSSR count). The van der Waals surface area contributed by atoms with Gasteiger partial charge in [-0.05, 0) is 6.07 Å². The number of non-ortho nitro benzene ring substituents is 1. The van der Waals surface area contributed by atoms with Crippen LogP contribution in [-0.4, -0.2) is 14.5 Å². The number of imidazole rings is 1. The molecule has 0 N–H and O–H groups in total. The monoisotopic (exact) mass is 257 g/mol. The summed E-state index contributed by atoms with van der Waals surface area (Å²) >= 11 is 0. The molecule has 8 heteroatoms. The van der Waals surface area contributed by atoms with Crippen molar-refractivity contribution < 1.29 is 18.1 Å². The molecule has 0 bridgehead atoms. The third kappa shape index (κ3) is 2.17. The van der Waals surface area contributed by atoms with E-state index in [1.807, 2.05) is 0 Å². The second-order valence-corrected chi connectivity index (χ2v) is 3.43. The van der Waals surface area contributed by atoms with Gasteiger partial charge in [0, 0.05) is 24.5 Å². The fourth-order valence-electron chi connectivity index (χ4n) is 1.49. The van der Waals surface area contributed by atoms with Gasteiger partial charge < -0.3 is 4.57 Å². The first-order valence-electron chi connectivity index (χ1n) is 4.73. The van der Waals surface area contributed by atoms with E-state index in [1.54, 1.807) is 0 Å². The standard InChI is InChI=1S/C10H6F3N3O2/c11-10(12,13)8-2-1-7(16(17)18)5-9(8)15-4-3-14-6-15/h1-6H. The molecule has 0 aliphatic rings. The van der Waals surface area contributed by atoms with Crippen LogP contribution in [0.1, 0.15) is 5.56 Å². The lowest BCUT2D eigenvalue weighted by Gasteiger charge is -2.12. The SMILES string of the molecule is O=[N+]([O-])c1ccc(C(F)(F)F)c(-n2ccnc2)c1. The molecule has 0 spiro atoms. The van der Waals surface area contributed by atoms with Crippen molar-refractivity contribution in [2.24, 2.45) is 0 Å². The molecule has 0 aliphatic carbocycles. The zero-order valence-corrected chi connectivity index (χ0v) is 8.76. The number of nitro benzene ring substituents is 1. The molecule has 0 saturated heterocycles. The van der Waals surface area contributed by atoms with Crippen LogP contribution in [0.2, 0.25) is 0 Å². The van der Waals surface area contributed by atoms with Gasteiger partial charge in [-0.15, -0.1) is 0 Å². The Balaban J connectivity index is 2.65. The number of rotatable bonds is 2. The highest BCUT2D eigenvalue weighted by atomic mass is 19.4. The van der Waals surface area contributed by atoms with E-state index in [1.165, 1.54) is 12.4 Å². The van der Waals surface area contributed by atoms with Gasteiger partial charge in [0.05, 0.1) is 22.5 Å². The lowest BCUT2D eigenvalue weighted by atomic mass is 10.1. The van der Waals surface area contributed by atoms with Crippen molar-refractivity contribution in [3.8, 4) is 5.69 Å². The lowest BCUT2D eigenvalue weighted by molar-refractivity contribution is -0.384. The quantitative estimate of drug-likeness (QED) is 0.613.